The van der Waals surface area contributed by atoms with Crippen molar-refractivity contribution in [2.45, 2.75) is 61.5 Å². The molecule has 1 aromatic carbocycles. The molecule has 2 unspecified atom stereocenters. The lowest BCUT2D eigenvalue weighted by Crippen LogP contribution is -2.52. The van der Waals surface area contributed by atoms with Crippen molar-refractivity contribution < 1.29 is 17.9 Å². The SMILES string of the molecule is Cc1ccc(CC2(O)CC3CCCC(C2)S3(=O)=O)cc1F. The monoisotopic (exact) mass is 312 g/mol. The van der Waals surface area contributed by atoms with Crippen LogP contribution in [0.1, 0.15) is 43.2 Å². The Balaban J connectivity index is 1.84. The van der Waals surface area contributed by atoms with E-state index in [-0.39, 0.29) is 18.7 Å². The first-order valence-electron chi connectivity index (χ1n) is 7.50. The van der Waals surface area contributed by atoms with Gasteiger partial charge in [-0.3, -0.25) is 0 Å². The summed E-state index contributed by atoms with van der Waals surface area (Å²) in [7, 11) is -3.08. The number of hydrogen-bond donors (Lipinski definition) is 1. The molecule has 2 fully saturated rings. The van der Waals surface area contributed by atoms with Gasteiger partial charge in [0.05, 0.1) is 16.1 Å². The largest absolute Gasteiger partial charge is 0.389 e. The topological polar surface area (TPSA) is 54.4 Å². The van der Waals surface area contributed by atoms with E-state index in [1.807, 2.05) is 6.07 Å². The molecule has 0 aliphatic carbocycles. The van der Waals surface area contributed by atoms with E-state index >= 15 is 0 Å². The Morgan fingerprint density at radius 3 is 2.48 bits per heavy atom. The van der Waals surface area contributed by atoms with Crippen LogP contribution in [0.15, 0.2) is 18.2 Å². The number of aliphatic hydroxyl groups is 1. The molecule has 2 heterocycles. The Hall–Kier alpha value is -0.940. The summed E-state index contributed by atoms with van der Waals surface area (Å²) in [5, 5.41) is 9.98. The molecule has 5 heteroatoms. The molecule has 2 aliphatic rings. The molecule has 3 nitrogen and oxygen atoms in total. The number of aryl methyl sites for hydroxylation is 1. The van der Waals surface area contributed by atoms with E-state index in [2.05, 4.69) is 0 Å². The molecule has 0 amide bonds. The van der Waals surface area contributed by atoms with Gasteiger partial charge in [-0.1, -0.05) is 18.6 Å². The molecule has 0 aromatic heterocycles. The molecular weight excluding hydrogens is 291 g/mol. The Morgan fingerprint density at radius 1 is 1.29 bits per heavy atom. The van der Waals surface area contributed by atoms with E-state index in [4.69, 9.17) is 0 Å². The van der Waals surface area contributed by atoms with Crippen molar-refractivity contribution in [3.05, 3.63) is 35.1 Å². The summed E-state index contributed by atoms with van der Waals surface area (Å²) in [4.78, 5) is 0. The van der Waals surface area contributed by atoms with Crippen LogP contribution in [0.25, 0.3) is 0 Å². The highest BCUT2D eigenvalue weighted by atomic mass is 32.2. The van der Waals surface area contributed by atoms with Crippen LogP contribution in [0.5, 0.6) is 0 Å². The highest BCUT2D eigenvalue weighted by molar-refractivity contribution is 7.92. The number of fused-ring (bicyclic) bond motifs is 2. The van der Waals surface area contributed by atoms with Crippen molar-refractivity contribution in [2.24, 2.45) is 0 Å². The first-order valence-corrected chi connectivity index (χ1v) is 9.11. The summed E-state index contributed by atoms with van der Waals surface area (Å²) >= 11 is 0. The Kier molecular flexibility index (Phi) is 3.61. The van der Waals surface area contributed by atoms with Gasteiger partial charge in [-0.2, -0.15) is 0 Å². The summed E-state index contributed by atoms with van der Waals surface area (Å²) in [6.45, 7) is 1.70. The first-order chi connectivity index (χ1) is 9.80. The van der Waals surface area contributed by atoms with E-state index in [9.17, 15) is 17.9 Å². The second-order valence-electron chi connectivity index (χ2n) is 6.66. The van der Waals surface area contributed by atoms with Crippen LogP contribution in [0.2, 0.25) is 0 Å². The number of hydrogen-bond acceptors (Lipinski definition) is 3. The fourth-order valence-electron chi connectivity index (χ4n) is 3.81. The van der Waals surface area contributed by atoms with E-state index < -0.39 is 25.9 Å². The van der Waals surface area contributed by atoms with Crippen molar-refractivity contribution in [2.75, 3.05) is 0 Å². The zero-order valence-corrected chi connectivity index (χ0v) is 13.0. The number of halogens is 1. The molecule has 1 aromatic rings. The summed E-state index contributed by atoms with van der Waals surface area (Å²) in [5.41, 5.74) is 0.287. The molecular formula is C16H21FO3S. The normalized spacial score (nSPS) is 34.6. The van der Waals surface area contributed by atoms with Gasteiger partial charge in [0.15, 0.2) is 9.84 Å². The Bertz CT molecular complexity index is 633. The van der Waals surface area contributed by atoms with Gasteiger partial charge < -0.3 is 5.11 Å². The van der Waals surface area contributed by atoms with Gasteiger partial charge in [-0.25, -0.2) is 12.8 Å². The maximum absolute atomic E-state index is 13.6. The van der Waals surface area contributed by atoms with E-state index in [0.717, 1.165) is 12.0 Å². The van der Waals surface area contributed by atoms with Crippen LogP contribution in [0.4, 0.5) is 4.39 Å². The molecule has 0 saturated carbocycles. The van der Waals surface area contributed by atoms with Crippen molar-refractivity contribution >= 4 is 9.84 Å². The van der Waals surface area contributed by atoms with Crippen LogP contribution in [0.3, 0.4) is 0 Å². The predicted octanol–water partition coefficient (Wildman–Crippen LogP) is 2.54. The van der Waals surface area contributed by atoms with Crippen molar-refractivity contribution in [3.63, 3.8) is 0 Å². The average molecular weight is 312 g/mol. The van der Waals surface area contributed by atoms with Gasteiger partial charge >= 0.3 is 0 Å². The number of sulfone groups is 1. The van der Waals surface area contributed by atoms with Crippen LogP contribution in [-0.4, -0.2) is 29.6 Å². The second kappa shape index (κ2) is 5.06. The van der Waals surface area contributed by atoms with Gasteiger partial charge in [0.25, 0.3) is 0 Å². The van der Waals surface area contributed by atoms with E-state index in [0.29, 0.717) is 24.8 Å². The molecule has 2 aliphatic heterocycles. The highest BCUT2D eigenvalue weighted by Gasteiger charge is 2.50. The molecule has 1 N–H and O–H groups in total. The summed E-state index contributed by atoms with van der Waals surface area (Å²) in [6, 6.07) is 4.97. The summed E-state index contributed by atoms with van der Waals surface area (Å²) in [5.74, 6) is -0.278. The summed E-state index contributed by atoms with van der Waals surface area (Å²) in [6.07, 6.45) is 3.09. The molecule has 0 radical (unpaired) electrons. The van der Waals surface area contributed by atoms with Crippen LogP contribution < -0.4 is 0 Å². The minimum atomic E-state index is -3.08. The highest BCUT2D eigenvalue weighted by Crippen LogP contribution is 2.42. The van der Waals surface area contributed by atoms with Crippen LogP contribution in [0, 0.1) is 12.7 Å². The van der Waals surface area contributed by atoms with E-state index in [1.54, 1.807) is 13.0 Å². The molecule has 21 heavy (non-hydrogen) atoms. The zero-order valence-electron chi connectivity index (χ0n) is 12.2. The predicted molar refractivity (Wildman–Crippen MR) is 79.4 cm³/mol. The molecule has 2 atom stereocenters. The van der Waals surface area contributed by atoms with Crippen molar-refractivity contribution in [1.29, 1.82) is 0 Å². The quantitative estimate of drug-likeness (QED) is 0.913. The maximum Gasteiger partial charge on any atom is 0.156 e. The van der Waals surface area contributed by atoms with Crippen LogP contribution in [-0.2, 0) is 16.3 Å². The van der Waals surface area contributed by atoms with Crippen molar-refractivity contribution in [1.82, 2.24) is 0 Å². The minimum Gasteiger partial charge on any atom is -0.389 e. The van der Waals surface area contributed by atoms with Crippen LogP contribution >= 0.6 is 0 Å². The molecule has 116 valence electrons. The molecule has 2 saturated heterocycles. The van der Waals surface area contributed by atoms with Crippen molar-refractivity contribution in [3.8, 4) is 0 Å². The first kappa shape index (κ1) is 15.0. The lowest BCUT2D eigenvalue weighted by molar-refractivity contribution is 0.00985. The fraction of sp³-hybridized carbons (Fsp3) is 0.625. The van der Waals surface area contributed by atoms with Gasteiger partial charge in [0, 0.05) is 6.42 Å². The fourth-order valence-corrected chi connectivity index (χ4v) is 6.43. The molecule has 0 spiro atoms. The molecule has 2 bridgehead atoms. The average Bonchev–Trinajstić information content (AvgIpc) is 2.36. The van der Waals surface area contributed by atoms with Gasteiger partial charge in [-0.15, -0.1) is 0 Å². The summed E-state index contributed by atoms with van der Waals surface area (Å²) < 4.78 is 38.2. The Labute approximate surface area is 125 Å². The number of benzene rings is 1. The van der Waals surface area contributed by atoms with Gasteiger partial charge in [-0.05, 0) is 49.8 Å². The third-order valence-corrected chi connectivity index (χ3v) is 7.63. The van der Waals surface area contributed by atoms with E-state index in [1.165, 1.54) is 6.07 Å². The third kappa shape index (κ3) is 2.73. The Morgan fingerprint density at radius 2 is 1.90 bits per heavy atom. The smallest absolute Gasteiger partial charge is 0.156 e. The lowest BCUT2D eigenvalue weighted by Gasteiger charge is -2.44. The third-order valence-electron chi connectivity index (χ3n) is 4.97. The minimum absolute atomic E-state index is 0.278. The second-order valence-corrected chi connectivity index (χ2v) is 9.17. The number of rotatable bonds is 2. The molecule has 3 rings (SSSR count). The van der Waals surface area contributed by atoms with Gasteiger partial charge in [0.1, 0.15) is 5.82 Å². The van der Waals surface area contributed by atoms with Gasteiger partial charge in [0.2, 0.25) is 0 Å². The standard InChI is InChI=1S/C16H21FO3S/c1-11-5-6-12(7-15(11)17)8-16(18)9-13-3-2-4-14(10-16)21(13,19)20/h5-7,13-14,18H,2-4,8-10H2,1H3. The maximum atomic E-state index is 13.6. The zero-order chi connectivity index (χ0) is 15.3. The lowest BCUT2D eigenvalue weighted by atomic mass is 9.81.